The Morgan fingerprint density at radius 1 is 1.36 bits per heavy atom. The lowest BCUT2D eigenvalue weighted by atomic mass is 9.91. The summed E-state index contributed by atoms with van der Waals surface area (Å²) in [6, 6.07) is 4.40. The zero-order valence-corrected chi connectivity index (χ0v) is 20.4. The van der Waals surface area contributed by atoms with Gasteiger partial charge in [0.05, 0.1) is 17.1 Å². The minimum atomic E-state index is 0.0888. The van der Waals surface area contributed by atoms with Crippen molar-refractivity contribution in [2.75, 3.05) is 25.0 Å². The van der Waals surface area contributed by atoms with Crippen LogP contribution in [-0.2, 0) is 0 Å². The second-order valence-corrected chi connectivity index (χ2v) is 9.57. The molecule has 7 nitrogen and oxygen atoms in total. The van der Waals surface area contributed by atoms with E-state index in [1.54, 1.807) is 20.2 Å². The van der Waals surface area contributed by atoms with Crippen molar-refractivity contribution in [2.45, 2.75) is 52.1 Å². The number of aliphatic hydroxyl groups is 1. The molecule has 0 saturated carbocycles. The van der Waals surface area contributed by atoms with Gasteiger partial charge in [-0.05, 0) is 77.1 Å². The lowest BCUT2D eigenvalue weighted by molar-refractivity contribution is 0.373. The SMILES string of the molecule is C=Nc1ccc(N2CCC(NC(C)(C)C)C2)nc1/C=C\CC1=C/C(=C/NC)C(=N)C(C)=C1O. The van der Waals surface area contributed by atoms with Crippen LogP contribution in [-0.4, -0.2) is 54.2 Å². The molecule has 7 heteroatoms. The first kappa shape index (κ1) is 24.5. The second kappa shape index (κ2) is 10.2. The normalized spacial score (nSPS) is 20.7. The fourth-order valence-electron chi connectivity index (χ4n) is 4.21. The zero-order chi connectivity index (χ0) is 24.2. The number of aliphatic hydroxyl groups excluding tert-OH is 1. The molecule has 0 bridgehead atoms. The molecule has 0 aromatic carbocycles. The van der Waals surface area contributed by atoms with E-state index in [2.05, 4.69) is 48.0 Å². The zero-order valence-electron chi connectivity index (χ0n) is 20.4. The first-order chi connectivity index (χ1) is 15.6. The number of anilines is 1. The van der Waals surface area contributed by atoms with Crippen LogP contribution in [0.2, 0.25) is 0 Å². The molecule has 0 amide bonds. The Hall–Kier alpha value is -3.19. The van der Waals surface area contributed by atoms with E-state index in [9.17, 15) is 5.11 Å². The molecule has 0 radical (unpaired) electrons. The molecule has 1 atom stereocenters. The van der Waals surface area contributed by atoms with Crippen LogP contribution in [0, 0.1) is 5.41 Å². The molecule has 1 aromatic heterocycles. The highest BCUT2D eigenvalue weighted by molar-refractivity contribution is 6.13. The Labute approximate surface area is 197 Å². The van der Waals surface area contributed by atoms with Gasteiger partial charge in [-0.15, -0.1) is 0 Å². The Morgan fingerprint density at radius 3 is 2.79 bits per heavy atom. The number of aromatic nitrogens is 1. The quantitative estimate of drug-likeness (QED) is 0.454. The van der Waals surface area contributed by atoms with Crippen molar-refractivity contribution in [1.82, 2.24) is 15.6 Å². The van der Waals surface area contributed by atoms with Crippen molar-refractivity contribution >= 4 is 30.0 Å². The van der Waals surface area contributed by atoms with Gasteiger partial charge in [-0.3, -0.25) is 10.4 Å². The highest BCUT2D eigenvalue weighted by atomic mass is 16.3. The highest BCUT2D eigenvalue weighted by Gasteiger charge is 2.27. The molecule has 2 aliphatic rings. The molecule has 1 aromatic rings. The monoisotopic (exact) mass is 448 g/mol. The summed E-state index contributed by atoms with van der Waals surface area (Å²) in [6.07, 6.45) is 9.11. The van der Waals surface area contributed by atoms with Crippen LogP contribution < -0.4 is 15.5 Å². The number of nitrogens with zero attached hydrogens (tertiary/aromatic N) is 3. The fourth-order valence-corrected chi connectivity index (χ4v) is 4.21. The van der Waals surface area contributed by atoms with Crippen LogP contribution in [0.4, 0.5) is 11.5 Å². The average molecular weight is 449 g/mol. The van der Waals surface area contributed by atoms with Crippen LogP contribution >= 0.6 is 0 Å². The predicted molar refractivity (Wildman–Crippen MR) is 139 cm³/mol. The molecule has 3 rings (SSSR count). The minimum absolute atomic E-state index is 0.0888. The number of pyridine rings is 1. The Kier molecular flexibility index (Phi) is 7.53. The molecule has 0 spiro atoms. The smallest absolute Gasteiger partial charge is 0.129 e. The molecular weight excluding hydrogens is 412 g/mol. The van der Waals surface area contributed by atoms with Gasteiger partial charge in [0.25, 0.3) is 0 Å². The third kappa shape index (κ3) is 5.99. The first-order valence-electron chi connectivity index (χ1n) is 11.4. The maximum absolute atomic E-state index is 10.5. The van der Waals surface area contributed by atoms with E-state index < -0.39 is 0 Å². The summed E-state index contributed by atoms with van der Waals surface area (Å²) in [5.74, 6) is 1.10. The van der Waals surface area contributed by atoms with Crippen LogP contribution in [0.1, 0.15) is 46.2 Å². The van der Waals surface area contributed by atoms with E-state index in [0.717, 1.165) is 47.9 Å². The van der Waals surface area contributed by atoms with Crippen LogP contribution in [0.5, 0.6) is 0 Å². The van der Waals surface area contributed by atoms with E-state index >= 15 is 0 Å². The van der Waals surface area contributed by atoms with Crippen molar-refractivity contribution in [3.8, 4) is 0 Å². The number of rotatable bonds is 7. The highest BCUT2D eigenvalue weighted by Crippen LogP contribution is 2.29. The van der Waals surface area contributed by atoms with E-state index in [1.807, 2.05) is 30.4 Å². The number of allylic oxidation sites excluding steroid dienone is 5. The van der Waals surface area contributed by atoms with E-state index in [1.165, 1.54) is 0 Å². The molecule has 2 heterocycles. The van der Waals surface area contributed by atoms with Gasteiger partial charge in [0.2, 0.25) is 0 Å². The number of hydrogen-bond acceptors (Lipinski definition) is 7. The van der Waals surface area contributed by atoms with Crippen molar-refractivity contribution in [3.05, 3.63) is 58.7 Å². The molecule has 1 saturated heterocycles. The van der Waals surface area contributed by atoms with Crippen LogP contribution in [0.25, 0.3) is 6.08 Å². The molecular formula is C26H36N6O. The topological polar surface area (TPSA) is 96.6 Å². The van der Waals surface area contributed by atoms with Crippen LogP contribution in [0.15, 0.2) is 58.0 Å². The van der Waals surface area contributed by atoms with Gasteiger partial charge in [0.15, 0.2) is 0 Å². The van der Waals surface area contributed by atoms with Crippen molar-refractivity contribution in [3.63, 3.8) is 0 Å². The maximum Gasteiger partial charge on any atom is 0.129 e. The van der Waals surface area contributed by atoms with Crippen molar-refractivity contribution in [1.29, 1.82) is 5.41 Å². The molecule has 176 valence electrons. The Balaban J connectivity index is 1.77. The third-order valence-electron chi connectivity index (χ3n) is 5.77. The second-order valence-electron chi connectivity index (χ2n) is 9.57. The van der Waals surface area contributed by atoms with Gasteiger partial charge in [-0.1, -0.05) is 6.08 Å². The standard InChI is InChI=1S/C26H36N6O/c1-17-24(27)19(15-28-5)14-18(25(17)33)8-7-9-22-21(29-6)10-11-23(30-22)32-13-12-20(16-32)31-26(2,3)4/h7,9-11,14-15,20,27-28,31,33H,6,8,12-13,16H2,1-5H3/b9-7-,19-15-,27-24?. The fraction of sp³-hybridized carbons (Fsp3) is 0.423. The van der Waals surface area contributed by atoms with Crippen LogP contribution in [0.3, 0.4) is 0 Å². The predicted octanol–water partition coefficient (Wildman–Crippen LogP) is 4.68. The van der Waals surface area contributed by atoms with Crippen molar-refractivity contribution < 1.29 is 5.11 Å². The van der Waals surface area contributed by atoms with Gasteiger partial charge >= 0.3 is 0 Å². The minimum Gasteiger partial charge on any atom is -0.507 e. The van der Waals surface area contributed by atoms with E-state index in [0.29, 0.717) is 23.7 Å². The Bertz CT molecular complexity index is 1040. The molecule has 4 N–H and O–H groups in total. The summed E-state index contributed by atoms with van der Waals surface area (Å²) in [5.41, 5.74) is 3.98. The van der Waals surface area contributed by atoms with Crippen molar-refractivity contribution in [2.24, 2.45) is 4.99 Å². The number of nitrogens with one attached hydrogen (secondary N) is 3. The molecule has 1 unspecified atom stereocenters. The molecule has 1 fully saturated rings. The molecule has 1 aliphatic heterocycles. The van der Waals surface area contributed by atoms with Gasteiger partial charge in [0.1, 0.15) is 11.6 Å². The van der Waals surface area contributed by atoms with Gasteiger partial charge < -0.3 is 20.6 Å². The summed E-state index contributed by atoms with van der Waals surface area (Å²) < 4.78 is 0. The molecule has 33 heavy (non-hydrogen) atoms. The number of hydrogen-bond donors (Lipinski definition) is 4. The first-order valence-corrected chi connectivity index (χ1v) is 11.4. The van der Waals surface area contributed by atoms with E-state index in [-0.39, 0.29) is 11.3 Å². The Morgan fingerprint density at radius 2 is 2.12 bits per heavy atom. The van der Waals surface area contributed by atoms with Gasteiger partial charge in [0, 0.05) is 49.1 Å². The van der Waals surface area contributed by atoms with Gasteiger partial charge in [-0.25, -0.2) is 4.98 Å². The maximum atomic E-state index is 10.5. The lowest BCUT2D eigenvalue weighted by Crippen LogP contribution is -2.44. The lowest BCUT2D eigenvalue weighted by Gasteiger charge is -2.26. The number of aliphatic imine (C=N–C) groups is 1. The summed E-state index contributed by atoms with van der Waals surface area (Å²) in [4.78, 5) is 11.3. The summed E-state index contributed by atoms with van der Waals surface area (Å²) in [5, 5.41) is 25.3. The molecule has 1 aliphatic carbocycles. The summed E-state index contributed by atoms with van der Waals surface area (Å²) >= 11 is 0. The largest absolute Gasteiger partial charge is 0.507 e. The van der Waals surface area contributed by atoms with E-state index in [4.69, 9.17) is 10.4 Å². The van der Waals surface area contributed by atoms with Gasteiger partial charge in [-0.2, -0.15) is 0 Å². The summed E-state index contributed by atoms with van der Waals surface area (Å²) in [7, 11) is 1.80. The summed E-state index contributed by atoms with van der Waals surface area (Å²) in [6.45, 7) is 13.9. The average Bonchev–Trinajstić information content (AvgIpc) is 3.22. The third-order valence-corrected chi connectivity index (χ3v) is 5.77.